The van der Waals surface area contributed by atoms with E-state index in [0.29, 0.717) is 0 Å². The molecule has 0 spiro atoms. The minimum absolute atomic E-state index is 0.962. The Hall–Kier alpha value is -1.26. The molecule has 16 heavy (non-hydrogen) atoms. The number of rotatable bonds is 2. The molecule has 0 radical (unpaired) electrons. The van der Waals surface area contributed by atoms with Gasteiger partial charge in [0.1, 0.15) is 10.7 Å². The maximum absolute atomic E-state index is 4.69. The fraction of sp³-hybridized carbons (Fsp3) is 0.167. The van der Waals surface area contributed by atoms with Gasteiger partial charge in [-0.15, -0.1) is 22.7 Å². The number of nitrogens with zero attached hydrogens (tertiary/aromatic N) is 2. The fourth-order valence-electron chi connectivity index (χ4n) is 1.70. The molecule has 80 valence electrons. The number of thiazole rings is 1. The van der Waals surface area contributed by atoms with Crippen LogP contribution in [0.2, 0.25) is 0 Å². The molecule has 0 aliphatic rings. The van der Waals surface area contributed by atoms with E-state index in [2.05, 4.69) is 29.4 Å². The smallest absolute Gasteiger partial charge is 0.143 e. The van der Waals surface area contributed by atoms with Gasteiger partial charge in [-0.05, 0) is 29.3 Å². The molecule has 0 N–H and O–H groups in total. The van der Waals surface area contributed by atoms with E-state index in [1.165, 1.54) is 10.1 Å². The summed E-state index contributed by atoms with van der Waals surface area (Å²) in [5.41, 5.74) is 2.18. The Kier molecular flexibility index (Phi) is 2.46. The van der Waals surface area contributed by atoms with E-state index in [0.717, 1.165) is 22.8 Å². The first kappa shape index (κ1) is 9.93. The largest absolute Gasteiger partial charge is 0.249 e. The molecule has 0 aliphatic carbocycles. The molecule has 4 heteroatoms. The zero-order valence-corrected chi connectivity index (χ0v) is 10.4. The highest BCUT2D eigenvalue weighted by molar-refractivity contribution is 7.18. The van der Waals surface area contributed by atoms with Gasteiger partial charge in [-0.3, -0.25) is 0 Å². The second-order valence-electron chi connectivity index (χ2n) is 3.49. The average Bonchev–Trinajstić information content (AvgIpc) is 2.98. The second-order valence-corrected chi connectivity index (χ2v) is 5.30. The number of thiophene rings is 1. The number of aromatic nitrogens is 2. The molecular formula is C12H10N2S2. The summed E-state index contributed by atoms with van der Waals surface area (Å²) in [6.45, 7) is 2.13. The summed E-state index contributed by atoms with van der Waals surface area (Å²) in [7, 11) is 0. The van der Waals surface area contributed by atoms with Crippen LogP contribution in [0.15, 0.2) is 29.1 Å². The summed E-state index contributed by atoms with van der Waals surface area (Å²) in [6, 6.07) is 4.32. The van der Waals surface area contributed by atoms with E-state index in [9.17, 15) is 0 Å². The molecule has 3 rings (SSSR count). The predicted molar refractivity (Wildman–Crippen MR) is 70.1 cm³/mol. The van der Waals surface area contributed by atoms with Crippen LogP contribution in [0, 0.1) is 0 Å². The van der Waals surface area contributed by atoms with E-state index in [1.807, 2.05) is 11.6 Å². The lowest BCUT2D eigenvalue weighted by atomic mass is 10.2. The molecule has 0 unspecified atom stereocenters. The third kappa shape index (κ3) is 1.54. The van der Waals surface area contributed by atoms with Crippen molar-refractivity contribution in [3.05, 3.63) is 34.8 Å². The minimum Gasteiger partial charge on any atom is -0.249 e. The Morgan fingerprint density at radius 3 is 2.94 bits per heavy atom. The van der Waals surface area contributed by atoms with Crippen molar-refractivity contribution in [1.82, 2.24) is 9.97 Å². The normalized spacial score (nSPS) is 11.1. The van der Waals surface area contributed by atoms with Crippen LogP contribution in [-0.4, -0.2) is 9.97 Å². The van der Waals surface area contributed by atoms with Gasteiger partial charge in [0, 0.05) is 17.3 Å². The van der Waals surface area contributed by atoms with Crippen molar-refractivity contribution in [3.8, 4) is 10.7 Å². The topological polar surface area (TPSA) is 25.8 Å². The molecular weight excluding hydrogens is 236 g/mol. The van der Waals surface area contributed by atoms with Crippen LogP contribution >= 0.6 is 22.7 Å². The third-order valence-electron chi connectivity index (χ3n) is 2.49. The van der Waals surface area contributed by atoms with Crippen molar-refractivity contribution >= 4 is 32.8 Å². The molecule has 0 fully saturated rings. The van der Waals surface area contributed by atoms with Crippen LogP contribution in [-0.2, 0) is 6.42 Å². The quantitative estimate of drug-likeness (QED) is 0.683. The third-order valence-corrected chi connectivity index (χ3v) is 4.20. The predicted octanol–water partition coefficient (Wildman–Crippen LogP) is 3.98. The van der Waals surface area contributed by atoms with E-state index in [1.54, 1.807) is 22.7 Å². The molecule has 2 nitrogen and oxygen atoms in total. The van der Waals surface area contributed by atoms with Crippen molar-refractivity contribution in [3.63, 3.8) is 0 Å². The molecule has 0 aliphatic heterocycles. The van der Waals surface area contributed by atoms with Crippen molar-refractivity contribution in [2.45, 2.75) is 13.3 Å². The highest BCUT2D eigenvalue weighted by Crippen LogP contribution is 2.32. The Labute approximate surface area is 102 Å². The van der Waals surface area contributed by atoms with Gasteiger partial charge >= 0.3 is 0 Å². The number of hydrogen-bond donors (Lipinski definition) is 0. The Bertz CT molecular complexity index is 611. The van der Waals surface area contributed by atoms with Crippen molar-refractivity contribution in [2.24, 2.45) is 0 Å². The van der Waals surface area contributed by atoms with E-state index in [-0.39, 0.29) is 0 Å². The monoisotopic (exact) mass is 246 g/mol. The summed E-state index contributed by atoms with van der Waals surface area (Å²) >= 11 is 3.38. The molecule has 3 aromatic rings. The lowest BCUT2D eigenvalue weighted by Gasteiger charge is -2.02. The zero-order chi connectivity index (χ0) is 11.0. The first-order valence-corrected chi connectivity index (χ1v) is 6.91. The lowest BCUT2D eigenvalue weighted by Crippen LogP contribution is -1.90. The van der Waals surface area contributed by atoms with Crippen molar-refractivity contribution in [2.75, 3.05) is 0 Å². The van der Waals surface area contributed by atoms with Gasteiger partial charge in [0.05, 0.1) is 4.70 Å². The molecule has 3 heterocycles. The van der Waals surface area contributed by atoms with Gasteiger partial charge in [0.25, 0.3) is 0 Å². The maximum atomic E-state index is 4.69. The van der Waals surface area contributed by atoms with Crippen molar-refractivity contribution in [1.29, 1.82) is 0 Å². The van der Waals surface area contributed by atoms with Crippen LogP contribution < -0.4 is 0 Å². The van der Waals surface area contributed by atoms with Gasteiger partial charge in [0.2, 0.25) is 0 Å². The summed E-state index contributed by atoms with van der Waals surface area (Å²) in [6.07, 6.45) is 2.80. The van der Waals surface area contributed by atoms with Crippen LogP contribution in [0.1, 0.15) is 12.6 Å². The van der Waals surface area contributed by atoms with Crippen LogP contribution in [0.4, 0.5) is 0 Å². The molecule has 3 aromatic heterocycles. The van der Waals surface area contributed by atoms with Crippen LogP contribution in [0.3, 0.4) is 0 Å². The summed E-state index contributed by atoms with van der Waals surface area (Å²) in [5, 5.41) is 6.41. The van der Waals surface area contributed by atoms with Crippen LogP contribution in [0.25, 0.3) is 20.8 Å². The maximum Gasteiger partial charge on any atom is 0.143 e. The standard InChI is InChI=1S/C12H10N2S2/c1-2-9-7-8-3-5-15-11(8)10(14-9)12-13-4-6-16-12/h3-7H,2H2,1H3. The number of pyridine rings is 1. The molecule has 0 amide bonds. The highest BCUT2D eigenvalue weighted by atomic mass is 32.1. The number of fused-ring (bicyclic) bond motifs is 1. The highest BCUT2D eigenvalue weighted by Gasteiger charge is 2.10. The van der Waals surface area contributed by atoms with Crippen LogP contribution in [0.5, 0.6) is 0 Å². The number of aryl methyl sites for hydroxylation is 1. The summed E-state index contributed by atoms with van der Waals surface area (Å²) in [4.78, 5) is 9.05. The first-order chi connectivity index (χ1) is 7.88. The molecule has 0 saturated carbocycles. The van der Waals surface area contributed by atoms with Crippen molar-refractivity contribution < 1.29 is 0 Å². The van der Waals surface area contributed by atoms with E-state index < -0.39 is 0 Å². The molecule has 0 aromatic carbocycles. The van der Waals surface area contributed by atoms with Gasteiger partial charge in [-0.2, -0.15) is 0 Å². The van der Waals surface area contributed by atoms with E-state index in [4.69, 9.17) is 4.98 Å². The molecule has 0 bridgehead atoms. The SMILES string of the molecule is CCc1cc2ccsc2c(-c2nccs2)n1. The molecule has 0 saturated heterocycles. The first-order valence-electron chi connectivity index (χ1n) is 5.15. The fourth-order valence-corrected chi connectivity index (χ4v) is 3.26. The average molecular weight is 246 g/mol. The minimum atomic E-state index is 0.962. The van der Waals surface area contributed by atoms with E-state index >= 15 is 0 Å². The lowest BCUT2D eigenvalue weighted by molar-refractivity contribution is 1.05. The Balaban J connectivity index is 2.33. The Morgan fingerprint density at radius 2 is 2.19 bits per heavy atom. The van der Waals surface area contributed by atoms with Gasteiger partial charge in [-0.25, -0.2) is 9.97 Å². The molecule has 0 atom stereocenters. The van der Waals surface area contributed by atoms with Gasteiger partial charge < -0.3 is 0 Å². The van der Waals surface area contributed by atoms with Gasteiger partial charge in [0.15, 0.2) is 0 Å². The Morgan fingerprint density at radius 1 is 1.25 bits per heavy atom. The van der Waals surface area contributed by atoms with Gasteiger partial charge in [-0.1, -0.05) is 6.92 Å². The number of hydrogen-bond acceptors (Lipinski definition) is 4. The summed E-state index contributed by atoms with van der Waals surface area (Å²) in [5.74, 6) is 0. The second kappa shape index (κ2) is 3.96. The zero-order valence-electron chi connectivity index (χ0n) is 8.80. The summed E-state index contributed by atoms with van der Waals surface area (Å²) < 4.78 is 1.24.